The molecule has 3 aromatic rings. The number of aryl methyl sites for hydroxylation is 1. The summed E-state index contributed by atoms with van der Waals surface area (Å²) >= 11 is 1.41. The number of nitrogens with zero attached hydrogens (tertiary/aromatic N) is 1. The minimum Gasteiger partial charge on any atom is -0.361 e. The Labute approximate surface area is 158 Å². The third-order valence-corrected chi connectivity index (χ3v) is 5.30. The van der Waals surface area contributed by atoms with Crippen molar-refractivity contribution in [3.05, 3.63) is 82.4 Å². The highest BCUT2D eigenvalue weighted by atomic mass is 32.1. The predicted molar refractivity (Wildman–Crippen MR) is 108 cm³/mol. The molecule has 0 aliphatic carbocycles. The van der Waals surface area contributed by atoms with E-state index in [9.17, 15) is 4.79 Å². The van der Waals surface area contributed by atoms with Gasteiger partial charge in [-0.2, -0.15) is 0 Å². The van der Waals surface area contributed by atoms with Gasteiger partial charge in [0.2, 0.25) is 0 Å². The van der Waals surface area contributed by atoms with E-state index in [0.717, 1.165) is 29.4 Å². The van der Waals surface area contributed by atoms with Crippen LogP contribution in [0.4, 0.5) is 5.13 Å². The number of carbonyl (C=O) groups excluding carboxylic acids is 1. The SMILES string of the molecule is Cc1nc(NCCc2ccccc2)sc1C(=O)NC(C)c1ccccc1. The van der Waals surface area contributed by atoms with Gasteiger partial charge in [-0.3, -0.25) is 4.79 Å². The fourth-order valence-corrected chi connectivity index (χ4v) is 3.62. The summed E-state index contributed by atoms with van der Waals surface area (Å²) in [6.45, 7) is 4.65. The van der Waals surface area contributed by atoms with Crippen LogP contribution in [0.1, 0.15) is 39.5 Å². The number of thiazole rings is 1. The summed E-state index contributed by atoms with van der Waals surface area (Å²) in [6, 6.07) is 20.2. The number of anilines is 1. The molecule has 1 amide bonds. The summed E-state index contributed by atoms with van der Waals surface area (Å²) in [4.78, 5) is 17.7. The van der Waals surface area contributed by atoms with E-state index in [1.165, 1.54) is 16.9 Å². The van der Waals surface area contributed by atoms with Crippen LogP contribution in [-0.4, -0.2) is 17.4 Å². The molecular weight excluding hydrogens is 342 g/mol. The molecule has 0 saturated heterocycles. The maximum absolute atomic E-state index is 12.6. The number of aromatic nitrogens is 1. The van der Waals surface area contributed by atoms with Gasteiger partial charge in [0, 0.05) is 6.54 Å². The van der Waals surface area contributed by atoms with Crippen LogP contribution in [-0.2, 0) is 6.42 Å². The van der Waals surface area contributed by atoms with E-state index in [1.54, 1.807) is 0 Å². The van der Waals surface area contributed by atoms with Crippen LogP contribution in [0.5, 0.6) is 0 Å². The molecule has 1 atom stereocenters. The third-order valence-electron chi connectivity index (χ3n) is 4.18. The maximum atomic E-state index is 12.6. The Morgan fingerprint density at radius 1 is 1.08 bits per heavy atom. The van der Waals surface area contributed by atoms with Gasteiger partial charge in [0.25, 0.3) is 5.91 Å². The first kappa shape index (κ1) is 18.1. The zero-order valence-electron chi connectivity index (χ0n) is 15.0. The van der Waals surface area contributed by atoms with Gasteiger partial charge in [0.1, 0.15) is 4.88 Å². The molecule has 0 spiro atoms. The minimum absolute atomic E-state index is 0.0420. The highest BCUT2D eigenvalue weighted by Crippen LogP contribution is 2.23. The topological polar surface area (TPSA) is 54.0 Å². The predicted octanol–water partition coefficient (Wildman–Crippen LogP) is 4.60. The second-order valence-electron chi connectivity index (χ2n) is 6.20. The Morgan fingerprint density at radius 2 is 1.73 bits per heavy atom. The van der Waals surface area contributed by atoms with Crippen LogP contribution in [0.25, 0.3) is 0 Å². The van der Waals surface area contributed by atoms with E-state index < -0.39 is 0 Å². The molecule has 2 N–H and O–H groups in total. The van der Waals surface area contributed by atoms with Crippen molar-refractivity contribution in [2.75, 3.05) is 11.9 Å². The first-order valence-corrected chi connectivity index (χ1v) is 9.56. The quantitative estimate of drug-likeness (QED) is 0.643. The van der Waals surface area contributed by atoms with Gasteiger partial charge in [-0.05, 0) is 31.4 Å². The number of hydrogen-bond donors (Lipinski definition) is 2. The fraction of sp³-hybridized carbons (Fsp3) is 0.238. The molecule has 1 unspecified atom stereocenters. The molecule has 0 aliphatic heterocycles. The summed E-state index contributed by atoms with van der Waals surface area (Å²) in [7, 11) is 0. The second-order valence-corrected chi connectivity index (χ2v) is 7.20. The van der Waals surface area contributed by atoms with Crippen molar-refractivity contribution >= 4 is 22.4 Å². The molecule has 3 rings (SSSR count). The smallest absolute Gasteiger partial charge is 0.263 e. The summed E-state index contributed by atoms with van der Waals surface area (Å²) in [6.07, 6.45) is 0.923. The van der Waals surface area contributed by atoms with Gasteiger partial charge in [0.15, 0.2) is 5.13 Å². The number of carbonyl (C=O) groups is 1. The van der Waals surface area contributed by atoms with Crippen LogP contribution in [0.2, 0.25) is 0 Å². The van der Waals surface area contributed by atoms with E-state index in [0.29, 0.717) is 4.88 Å². The molecule has 2 aromatic carbocycles. The zero-order valence-corrected chi connectivity index (χ0v) is 15.8. The van der Waals surface area contributed by atoms with E-state index in [-0.39, 0.29) is 11.9 Å². The number of rotatable bonds is 7. The Bertz CT molecular complexity index is 846. The normalized spacial score (nSPS) is 11.8. The number of hydrogen-bond acceptors (Lipinski definition) is 4. The van der Waals surface area contributed by atoms with Crippen LogP contribution in [0, 0.1) is 6.92 Å². The molecule has 0 radical (unpaired) electrons. The molecular formula is C21H23N3OS. The summed E-state index contributed by atoms with van der Waals surface area (Å²) in [5.41, 5.74) is 3.13. The summed E-state index contributed by atoms with van der Waals surface area (Å²) in [5.74, 6) is -0.0764. The van der Waals surface area contributed by atoms with Gasteiger partial charge >= 0.3 is 0 Å². The van der Waals surface area contributed by atoms with Crippen molar-refractivity contribution in [1.82, 2.24) is 10.3 Å². The van der Waals surface area contributed by atoms with Crippen LogP contribution in [0.15, 0.2) is 60.7 Å². The van der Waals surface area contributed by atoms with Crippen molar-refractivity contribution in [3.63, 3.8) is 0 Å². The fourth-order valence-electron chi connectivity index (χ4n) is 2.73. The van der Waals surface area contributed by atoms with Gasteiger partial charge in [-0.25, -0.2) is 4.98 Å². The maximum Gasteiger partial charge on any atom is 0.263 e. The lowest BCUT2D eigenvalue weighted by Gasteiger charge is -2.13. The van der Waals surface area contributed by atoms with Gasteiger partial charge in [0.05, 0.1) is 11.7 Å². The molecule has 26 heavy (non-hydrogen) atoms. The minimum atomic E-state index is -0.0764. The molecule has 0 fully saturated rings. The first-order chi connectivity index (χ1) is 12.6. The van der Waals surface area contributed by atoms with Crippen molar-refractivity contribution in [2.45, 2.75) is 26.3 Å². The Balaban J connectivity index is 1.57. The Kier molecular flexibility index (Phi) is 6.02. The lowest BCUT2D eigenvalue weighted by Crippen LogP contribution is -2.26. The van der Waals surface area contributed by atoms with E-state index in [4.69, 9.17) is 0 Å². The average molecular weight is 366 g/mol. The molecule has 5 heteroatoms. The molecule has 0 saturated carbocycles. The monoisotopic (exact) mass is 365 g/mol. The standard InChI is InChI=1S/C21H23N3OS/c1-15(18-11-7-4-8-12-18)23-20(25)19-16(2)24-21(26-19)22-14-13-17-9-5-3-6-10-17/h3-12,15H,13-14H2,1-2H3,(H,22,24)(H,23,25). The van der Waals surface area contributed by atoms with Crippen LogP contribution >= 0.6 is 11.3 Å². The highest BCUT2D eigenvalue weighted by Gasteiger charge is 2.17. The molecule has 1 heterocycles. The largest absolute Gasteiger partial charge is 0.361 e. The van der Waals surface area contributed by atoms with E-state index >= 15 is 0 Å². The molecule has 0 aliphatic rings. The van der Waals surface area contributed by atoms with E-state index in [2.05, 4.69) is 27.8 Å². The number of amides is 1. The van der Waals surface area contributed by atoms with Crippen molar-refractivity contribution in [3.8, 4) is 0 Å². The van der Waals surface area contributed by atoms with Gasteiger partial charge < -0.3 is 10.6 Å². The Morgan fingerprint density at radius 3 is 2.42 bits per heavy atom. The van der Waals surface area contributed by atoms with Crippen molar-refractivity contribution in [1.29, 1.82) is 0 Å². The molecule has 134 valence electrons. The first-order valence-electron chi connectivity index (χ1n) is 8.74. The van der Waals surface area contributed by atoms with Crippen molar-refractivity contribution < 1.29 is 4.79 Å². The second kappa shape index (κ2) is 8.63. The highest BCUT2D eigenvalue weighted by molar-refractivity contribution is 7.17. The number of nitrogens with one attached hydrogen (secondary N) is 2. The lowest BCUT2D eigenvalue weighted by molar-refractivity contribution is 0.0943. The van der Waals surface area contributed by atoms with E-state index in [1.807, 2.05) is 62.4 Å². The average Bonchev–Trinajstić information content (AvgIpc) is 3.04. The summed E-state index contributed by atoms with van der Waals surface area (Å²) < 4.78 is 0. The summed E-state index contributed by atoms with van der Waals surface area (Å²) in [5, 5.41) is 7.16. The molecule has 0 bridgehead atoms. The van der Waals surface area contributed by atoms with Crippen LogP contribution in [0.3, 0.4) is 0 Å². The lowest BCUT2D eigenvalue weighted by atomic mass is 10.1. The zero-order chi connectivity index (χ0) is 18.4. The van der Waals surface area contributed by atoms with Crippen LogP contribution < -0.4 is 10.6 Å². The molecule has 4 nitrogen and oxygen atoms in total. The number of benzene rings is 2. The van der Waals surface area contributed by atoms with Crippen molar-refractivity contribution in [2.24, 2.45) is 0 Å². The van der Waals surface area contributed by atoms with Gasteiger partial charge in [-0.1, -0.05) is 72.0 Å². The Hall–Kier alpha value is -2.66. The molecule has 1 aromatic heterocycles. The third kappa shape index (κ3) is 4.70. The van der Waals surface area contributed by atoms with Gasteiger partial charge in [-0.15, -0.1) is 0 Å².